The Morgan fingerprint density at radius 1 is 1.13 bits per heavy atom. The molecule has 0 spiro atoms. The first-order chi connectivity index (χ1) is 15.0. The second-order valence-corrected chi connectivity index (χ2v) is 8.59. The summed E-state index contributed by atoms with van der Waals surface area (Å²) in [7, 11) is 0. The summed E-state index contributed by atoms with van der Waals surface area (Å²) < 4.78 is 1.84. The number of fused-ring (bicyclic) bond motifs is 2. The van der Waals surface area contributed by atoms with E-state index in [-0.39, 0.29) is 17.4 Å². The van der Waals surface area contributed by atoms with E-state index in [0.29, 0.717) is 17.1 Å². The van der Waals surface area contributed by atoms with E-state index in [1.54, 1.807) is 12.1 Å². The van der Waals surface area contributed by atoms with E-state index in [1.807, 2.05) is 53.9 Å². The number of rotatable bonds is 5. The Labute approximate surface area is 183 Å². The number of imidazole rings is 1. The second-order valence-electron chi connectivity index (χ2n) is 7.65. The molecule has 0 atom stereocenters. The van der Waals surface area contributed by atoms with E-state index in [0.717, 1.165) is 39.3 Å². The average Bonchev–Trinajstić information content (AvgIpc) is 3.31. The number of carbonyl (C=O) groups is 2. The van der Waals surface area contributed by atoms with Gasteiger partial charge in [0.15, 0.2) is 10.9 Å². The van der Waals surface area contributed by atoms with Crippen molar-refractivity contribution in [2.45, 2.75) is 25.4 Å². The highest BCUT2D eigenvalue weighted by Gasteiger charge is 2.21. The number of thioether (sulfide) groups is 1. The molecular weight excluding hydrogens is 408 g/mol. The molecule has 1 N–H and O–H groups in total. The van der Waals surface area contributed by atoms with Crippen molar-refractivity contribution in [3.05, 3.63) is 77.0 Å². The Morgan fingerprint density at radius 2 is 1.94 bits per heavy atom. The number of amides is 1. The summed E-state index contributed by atoms with van der Waals surface area (Å²) in [4.78, 5) is 29.3. The first-order valence-corrected chi connectivity index (χ1v) is 11.0. The fourth-order valence-electron chi connectivity index (χ4n) is 3.91. The van der Waals surface area contributed by atoms with Crippen molar-refractivity contribution < 1.29 is 9.59 Å². The summed E-state index contributed by atoms with van der Waals surface area (Å²) in [5.74, 6) is 0.194. The third-order valence-corrected chi connectivity index (χ3v) is 6.24. The molecule has 6 nitrogen and oxygen atoms in total. The minimum absolute atomic E-state index is 0.00506. The molecule has 0 unspecified atom stereocenters. The molecule has 5 rings (SSSR count). The van der Waals surface area contributed by atoms with Crippen molar-refractivity contribution in [1.29, 1.82) is 0 Å². The number of hydrogen-bond acceptors (Lipinski definition) is 5. The van der Waals surface area contributed by atoms with E-state index >= 15 is 0 Å². The van der Waals surface area contributed by atoms with E-state index in [4.69, 9.17) is 4.98 Å². The van der Waals surface area contributed by atoms with Gasteiger partial charge in [-0.1, -0.05) is 42.1 Å². The lowest BCUT2D eigenvalue weighted by Gasteiger charge is -2.05. The van der Waals surface area contributed by atoms with Gasteiger partial charge in [0.25, 0.3) is 0 Å². The highest BCUT2D eigenvalue weighted by Crippen LogP contribution is 2.31. The molecule has 7 heteroatoms. The van der Waals surface area contributed by atoms with Crippen LogP contribution in [0.15, 0.2) is 59.8 Å². The van der Waals surface area contributed by atoms with Gasteiger partial charge in [-0.3, -0.25) is 9.59 Å². The zero-order valence-electron chi connectivity index (χ0n) is 17.2. The van der Waals surface area contributed by atoms with Crippen molar-refractivity contribution in [3.63, 3.8) is 0 Å². The Kier molecular flexibility index (Phi) is 4.82. The smallest absolute Gasteiger partial charge is 0.228 e. The molecular formula is C24H20N4O2S. The van der Waals surface area contributed by atoms with E-state index in [9.17, 15) is 9.59 Å². The predicted molar refractivity (Wildman–Crippen MR) is 122 cm³/mol. The van der Waals surface area contributed by atoms with Gasteiger partial charge in [-0.05, 0) is 49.2 Å². The Bertz CT molecular complexity index is 1340. The summed E-state index contributed by atoms with van der Waals surface area (Å²) >= 11 is 1.38. The standard InChI is InChI=1S/C24H20N4O2S/c1-14-10-15(2)27-28-23(14)22(16-6-4-3-5-7-16)26-24(28)31-13-20(29)17-8-9-19-18(11-17)12-21(30)25-19/h3-11H,12-13H2,1-2H3,(H,25,30). The number of nitrogens with one attached hydrogen (secondary N) is 1. The lowest BCUT2D eigenvalue weighted by Crippen LogP contribution is -2.05. The molecule has 3 heterocycles. The number of aromatic nitrogens is 3. The number of Topliss-reactive ketones (excluding diaryl/α,β-unsaturated/α-hetero) is 1. The Balaban J connectivity index is 1.46. The molecule has 1 amide bonds. The molecule has 1 aliphatic rings. The molecule has 0 saturated heterocycles. The number of aryl methyl sites for hydroxylation is 2. The summed E-state index contributed by atoms with van der Waals surface area (Å²) in [6, 6.07) is 17.4. The van der Waals surface area contributed by atoms with Crippen LogP contribution in [0.5, 0.6) is 0 Å². The van der Waals surface area contributed by atoms with Gasteiger partial charge >= 0.3 is 0 Å². The monoisotopic (exact) mass is 428 g/mol. The van der Waals surface area contributed by atoms with Gasteiger partial charge in [0, 0.05) is 16.8 Å². The predicted octanol–water partition coefficient (Wildman–Crippen LogP) is 4.48. The zero-order valence-corrected chi connectivity index (χ0v) is 18.0. The lowest BCUT2D eigenvalue weighted by molar-refractivity contribution is -0.115. The van der Waals surface area contributed by atoms with Crippen LogP contribution in [-0.2, 0) is 11.2 Å². The maximum Gasteiger partial charge on any atom is 0.228 e. The van der Waals surface area contributed by atoms with Crippen LogP contribution in [0, 0.1) is 13.8 Å². The van der Waals surface area contributed by atoms with Crippen LogP contribution in [0.1, 0.15) is 27.2 Å². The maximum absolute atomic E-state index is 12.9. The average molecular weight is 429 g/mol. The molecule has 1 aliphatic heterocycles. The minimum Gasteiger partial charge on any atom is -0.326 e. The number of benzene rings is 2. The van der Waals surface area contributed by atoms with E-state index < -0.39 is 0 Å². The summed E-state index contributed by atoms with van der Waals surface area (Å²) in [5, 5.41) is 8.15. The third kappa shape index (κ3) is 3.61. The summed E-state index contributed by atoms with van der Waals surface area (Å²) in [6.45, 7) is 4.01. The molecule has 4 aromatic rings. The fraction of sp³-hybridized carbons (Fsp3) is 0.167. The topological polar surface area (TPSA) is 76.4 Å². The first-order valence-electron chi connectivity index (χ1n) is 10.0. The molecule has 0 aliphatic carbocycles. The van der Waals surface area contributed by atoms with Crippen LogP contribution >= 0.6 is 11.8 Å². The van der Waals surface area contributed by atoms with Gasteiger partial charge < -0.3 is 5.32 Å². The molecule has 0 fully saturated rings. The van der Waals surface area contributed by atoms with Gasteiger partial charge in [-0.15, -0.1) is 0 Å². The fourth-order valence-corrected chi connectivity index (χ4v) is 4.75. The van der Waals surface area contributed by atoms with Crippen molar-refractivity contribution in [3.8, 4) is 11.3 Å². The van der Waals surface area contributed by atoms with Crippen LogP contribution in [0.3, 0.4) is 0 Å². The van der Waals surface area contributed by atoms with Gasteiger partial charge in [-0.25, -0.2) is 9.50 Å². The lowest BCUT2D eigenvalue weighted by atomic mass is 10.1. The van der Waals surface area contributed by atoms with Crippen LogP contribution in [0.2, 0.25) is 0 Å². The largest absolute Gasteiger partial charge is 0.326 e. The van der Waals surface area contributed by atoms with Crippen LogP contribution in [0.25, 0.3) is 16.8 Å². The number of anilines is 1. The second kappa shape index (κ2) is 7.67. The van der Waals surface area contributed by atoms with Crippen LogP contribution in [0.4, 0.5) is 5.69 Å². The molecule has 31 heavy (non-hydrogen) atoms. The molecule has 154 valence electrons. The van der Waals surface area contributed by atoms with Crippen molar-refractivity contribution in [2.75, 3.05) is 11.1 Å². The van der Waals surface area contributed by atoms with Crippen molar-refractivity contribution in [1.82, 2.24) is 14.6 Å². The first kappa shape index (κ1) is 19.5. The van der Waals surface area contributed by atoms with Crippen molar-refractivity contribution in [2.24, 2.45) is 0 Å². The zero-order chi connectivity index (χ0) is 21.5. The number of ketones is 1. The molecule has 0 saturated carbocycles. The Morgan fingerprint density at radius 3 is 2.74 bits per heavy atom. The number of hydrogen-bond donors (Lipinski definition) is 1. The highest BCUT2D eigenvalue weighted by molar-refractivity contribution is 7.99. The van der Waals surface area contributed by atoms with Gasteiger partial charge in [0.2, 0.25) is 5.91 Å². The molecule has 0 radical (unpaired) electrons. The summed E-state index contributed by atoms with van der Waals surface area (Å²) in [5.41, 5.74) is 7.08. The van der Waals surface area contributed by atoms with Gasteiger partial charge in [0.05, 0.1) is 29.1 Å². The molecule has 2 aromatic carbocycles. The Hall–Kier alpha value is -3.45. The van der Waals surface area contributed by atoms with Crippen LogP contribution in [-0.4, -0.2) is 32.0 Å². The van der Waals surface area contributed by atoms with E-state index in [1.165, 1.54) is 11.8 Å². The number of nitrogens with zero attached hydrogens (tertiary/aromatic N) is 3. The normalized spacial score (nSPS) is 12.8. The molecule has 2 aromatic heterocycles. The minimum atomic E-state index is -0.0388. The highest BCUT2D eigenvalue weighted by atomic mass is 32.2. The van der Waals surface area contributed by atoms with E-state index in [2.05, 4.69) is 17.3 Å². The van der Waals surface area contributed by atoms with Gasteiger partial charge in [-0.2, -0.15) is 5.10 Å². The molecule has 0 bridgehead atoms. The summed E-state index contributed by atoms with van der Waals surface area (Å²) in [6.07, 6.45) is 0.317. The quantitative estimate of drug-likeness (QED) is 0.375. The SMILES string of the molecule is Cc1cc(C)c2c(-c3ccccc3)nc(SCC(=O)c3ccc4c(c3)CC(=O)N4)n2n1. The third-order valence-electron chi connectivity index (χ3n) is 5.31. The number of carbonyl (C=O) groups excluding carboxylic acids is 2. The maximum atomic E-state index is 12.9. The van der Waals surface area contributed by atoms with Gasteiger partial charge in [0.1, 0.15) is 0 Å². The van der Waals surface area contributed by atoms with Crippen LogP contribution < -0.4 is 5.32 Å². The van der Waals surface area contributed by atoms with Crippen molar-refractivity contribution >= 4 is 34.7 Å².